The van der Waals surface area contributed by atoms with E-state index in [9.17, 15) is 14.4 Å². The largest absolute Gasteiger partial charge is 0.354 e. The summed E-state index contributed by atoms with van der Waals surface area (Å²) in [4.78, 5) is 39.1. The van der Waals surface area contributed by atoms with Crippen LogP contribution in [-0.2, 0) is 20.8 Å². The van der Waals surface area contributed by atoms with E-state index in [-0.39, 0.29) is 17.7 Å². The maximum Gasteiger partial charge on any atom is 0.245 e. The summed E-state index contributed by atoms with van der Waals surface area (Å²) in [5.41, 5.74) is 1.02. The fraction of sp³-hybridized carbons (Fsp3) is 0.526. The number of hydrogen-bond acceptors (Lipinski definition) is 3. The van der Waals surface area contributed by atoms with E-state index in [0.717, 1.165) is 24.8 Å². The van der Waals surface area contributed by atoms with Crippen LogP contribution in [0.25, 0.3) is 0 Å². The molecule has 2 heterocycles. The Hall–Kier alpha value is -2.37. The van der Waals surface area contributed by atoms with E-state index in [0.29, 0.717) is 32.4 Å². The molecule has 25 heavy (non-hydrogen) atoms. The van der Waals surface area contributed by atoms with Crippen molar-refractivity contribution in [1.29, 1.82) is 0 Å². The van der Waals surface area contributed by atoms with Crippen molar-refractivity contribution < 1.29 is 14.4 Å². The standard InChI is InChI=1S/C19H25N3O3/c23-17-10-5-4-9-15(21-17)19(25)22-12-6-11-20-18(24)16(22)13-14-7-2-1-3-8-14/h1-3,7-8,15-16H,4-6,9-13H2,(H,20,24)(H,21,23)/t15-,16+/m0/s1. The van der Waals surface area contributed by atoms with Crippen LogP contribution in [0.1, 0.15) is 37.7 Å². The first-order chi connectivity index (χ1) is 12.1. The van der Waals surface area contributed by atoms with Gasteiger partial charge >= 0.3 is 0 Å². The molecule has 3 rings (SSSR count). The Morgan fingerprint density at radius 1 is 1.12 bits per heavy atom. The van der Waals surface area contributed by atoms with Gasteiger partial charge in [0, 0.05) is 25.9 Å². The minimum atomic E-state index is -0.530. The van der Waals surface area contributed by atoms with Gasteiger partial charge in [-0.3, -0.25) is 14.4 Å². The third-order valence-electron chi connectivity index (χ3n) is 4.89. The van der Waals surface area contributed by atoms with Crippen LogP contribution in [0, 0.1) is 0 Å². The van der Waals surface area contributed by atoms with Gasteiger partial charge in [-0.1, -0.05) is 36.8 Å². The molecule has 2 saturated heterocycles. The van der Waals surface area contributed by atoms with Gasteiger partial charge in [0.2, 0.25) is 17.7 Å². The van der Waals surface area contributed by atoms with Gasteiger partial charge in [0.15, 0.2) is 0 Å². The first-order valence-electron chi connectivity index (χ1n) is 9.06. The summed E-state index contributed by atoms with van der Waals surface area (Å²) in [5.74, 6) is -0.322. The quantitative estimate of drug-likeness (QED) is 0.860. The molecule has 1 aromatic rings. The first-order valence-corrected chi connectivity index (χ1v) is 9.06. The summed E-state index contributed by atoms with van der Waals surface area (Å²) < 4.78 is 0. The monoisotopic (exact) mass is 343 g/mol. The van der Waals surface area contributed by atoms with Gasteiger partial charge < -0.3 is 15.5 Å². The van der Waals surface area contributed by atoms with Crippen molar-refractivity contribution in [3.8, 4) is 0 Å². The molecule has 2 aliphatic heterocycles. The number of benzene rings is 1. The predicted octanol–water partition coefficient (Wildman–Crippen LogP) is 1.01. The third-order valence-corrected chi connectivity index (χ3v) is 4.89. The van der Waals surface area contributed by atoms with Crippen molar-refractivity contribution >= 4 is 17.7 Å². The van der Waals surface area contributed by atoms with Crippen molar-refractivity contribution in [2.24, 2.45) is 0 Å². The summed E-state index contributed by atoms with van der Waals surface area (Å²) in [6, 6.07) is 8.68. The minimum Gasteiger partial charge on any atom is -0.354 e. The number of hydrogen-bond donors (Lipinski definition) is 2. The Bertz CT molecular complexity index is 632. The molecular weight excluding hydrogens is 318 g/mol. The van der Waals surface area contributed by atoms with Crippen LogP contribution in [0.3, 0.4) is 0 Å². The minimum absolute atomic E-state index is 0.0743. The predicted molar refractivity (Wildman–Crippen MR) is 93.7 cm³/mol. The van der Waals surface area contributed by atoms with Gasteiger partial charge in [-0.05, 0) is 24.8 Å². The summed E-state index contributed by atoms with van der Waals surface area (Å²) in [7, 11) is 0. The Morgan fingerprint density at radius 3 is 2.72 bits per heavy atom. The second kappa shape index (κ2) is 8.14. The SMILES string of the molecule is O=C1CCCC[C@@H](C(=O)N2CCCNC(=O)[C@H]2Cc2ccccc2)N1. The van der Waals surface area contributed by atoms with E-state index in [1.54, 1.807) is 4.90 Å². The van der Waals surface area contributed by atoms with Gasteiger partial charge in [-0.2, -0.15) is 0 Å². The van der Waals surface area contributed by atoms with Crippen LogP contribution in [-0.4, -0.2) is 47.8 Å². The van der Waals surface area contributed by atoms with Gasteiger partial charge in [-0.15, -0.1) is 0 Å². The van der Waals surface area contributed by atoms with Crippen molar-refractivity contribution in [2.45, 2.75) is 50.6 Å². The highest BCUT2D eigenvalue weighted by molar-refractivity contribution is 5.92. The highest BCUT2D eigenvalue weighted by Crippen LogP contribution is 2.17. The average Bonchev–Trinajstić information content (AvgIpc) is 2.94. The number of nitrogens with zero attached hydrogens (tertiary/aromatic N) is 1. The molecule has 6 heteroatoms. The molecule has 0 bridgehead atoms. The maximum absolute atomic E-state index is 13.1. The van der Waals surface area contributed by atoms with Crippen molar-refractivity contribution in [2.75, 3.05) is 13.1 Å². The Kier molecular flexibility index (Phi) is 5.68. The smallest absolute Gasteiger partial charge is 0.245 e. The zero-order valence-electron chi connectivity index (χ0n) is 14.4. The number of nitrogens with one attached hydrogen (secondary N) is 2. The Balaban J connectivity index is 1.80. The highest BCUT2D eigenvalue weighted by Gasteiger charge is 2.35. The molecule has 0 saturated carbocycles. The lowest BCUT2D eigenvalue weighted by Gasteiger charge is -2.31. The van der Waals surface area contributed by atoms with E-state index in [4.69, 9.17) is 0 Å². The second-order valence-corrected chi connectivity index (χ2v) is 6.75. The molecule has 6 nitrogen and oxygen atoms in total. The second-order valence-electron chi connectivity index (χ2n) is 6.75. The molecule has 2 N–H and O–H groups in total. The van der Waals surface area contributed by atoms with Crippen molar-refractivity contribution in [1.82, 2.24) is 15.5 Å². The fourth-order valence-corrected chi connectivity index (χ4v) is 3.54. The Labute approximate surface area is 148 Å². The van der Waals surface area contributed by atoms with Crippen LogP contribution >= 0.6 is 0 Å². The summed E-state index contributed by atoms with van der Waals surface area (Å²) in [6.07, 6.45) is 3.98. The summed E-state index contributed by atoms with van der Waals surface area (Å²) in [5, 5.41) is 5.74. The van der Waals surface area contributed by atoms with Crippen LogP contribution in [0.5, 0.6) is 0 Å². The zero-order chi connectivity index (χ0) is 17.6. The molecule has 2 aliphatic rings. The number of amides is 3. The Morgan fingerprint density at radius 2 is 1.92 bits per heavy atom. The zero-order valence-corrected chi connectivity index (χ0v) is 14.4. The molecular formula is C19H25N3O3. The van der Waals surface area contributed by atoms with E-state index in [2.05, 4.69) is 10.6 Å². The van der Waals surface area contributed by atoms with Gasteiger partial charge in [0.1, 0.15) is 12.1 Å². The summed E-state index contributed by atoms with van der Waals surface area (Å²) >= 11 is 0. The molecule has 0 aliphatic carbocycles. The molecule has 1 aromatic carbocycles. The molecule has 0 aromatic heterocycles. The maximum atomic E-state index is 13.1. The number of carbonyl (C=O) groups is 3. The third kappa shape index (κ3) is 4.38. The van der Waals surface area contributed by atoms with Crippen molar-refractivity contribution in [3.05, 3.63) is 35.9 Å². The average molecular weight is 343 g/mol. The molecule has 3 amide bonds. The van der Waals surface area contributed by atoms with Crippen molar-refractivity contribution in [3.63, 3.8) is 0 Å². The molecule has 0 unspecified atom stereocenters. The van der Waals surface area contributed by atoms with Gasteiger partial charge in [0.05, 0.1) is 0 Å². The van der Waals surface area contributed by atoms with Crippen LogP contribution in [0.4, 0.5) is 0 Å². The normalized spacial score (nSPS) is 24.7. The molecule has 0 radical (unpaired) electrons. The molecule has 2 fully saturated rings. The van der Waals surface area contributed by atoms with Gasteiger partial charge in [-0.25, -0.2) is 0 Å². The van der Waals surface area contributed by atoms with E-state index in [1.165, 1.54) is 0 Å². The highest BCUT2D eigenvalue weighted by atomic mass is 16.2. The van der Waals surface area contributed by atoms with Gasteiger partial charge in [0.25, 0.3) is 0 Å². The molecule has 2 atom stereocenters. The van der Waals surface area contributed by atoms with Crippen LogP contribution < -0.4 is 10.6 Å². The topological polar surface area (TPSA) is 78.5 Å². The lowest BCUT2D eigenvalue weighted by atomic mass is 10.0. The summed E-state index contributed by atoms with van der Waals surface area (Å²) in [6.45, 7) is 1.10. The number of rotatable bonds is 3. The lowest BCUT2D eigenvalue weighted by molar-refractivity contribution is -0.142. The molecule has 134 valence electrons. The first kappa shape index (κ1) is 17.5. The molecule has 0 spiro atoms. The lowest BCUT2D eigenvalue weighted by Crippen LogP contribution is -2.55. The van der Waals surface area contributed by atoms with E-state index < -0.39 is 12.1 Å². The number of carbonyl (C=O) groups excluding carboxylic acids is 3. The van der Waals surface area contributed by atoms with Crippen LogP contribution in [0.15, 0.2) is 30.3 Å². The van der Waals surface area contributed by atoms with E-state index in [1.807, 2.05) is 30.3 Å². The van der Waals surface area contributed by atoms with Crippen LogP contribution in [0.2, 0.25) is 0 Å². The van der Waals surface area contributed by atoms with E-state index >= 15 is 0 Å². The fourth-order valence-electron chi connectivity index (χ4n) is 3.54.